The van der Waals surface area contributed by atoms with Crippen molar-refractivity contribution in [1.29, 1.82) is 0 Å². The molecule has 1 amide bonds. The van der Waals surface area contributed by atoms with Crippen LogP contribution >= 0.6 is 11.6 Å². The van der Waals surface area contributed by atoms with Crippen LogP contribution in [0.5, 0.6) is 5.75 Å². The Labute approximate surface area is 186 Å². The lowest BCUT2D eigenvalue weighted by molar-refractivity contribution is -0.119. The van der Waals surface area contributed by atoms with Crippen molar-refractivity contribution in [3.05, 3.63) is 50.1 Å². The second-order valence-corrected chi connectivity index (χ2v) is 7.61. The molecule has 1 heterocycles. The molecule has 31 heavy (non-hydrogen) atoms. The summed E-state index contributed by atoms with van der Waals surface area (Å²) in [4.78, 5) is 42.8. The summed E-state index contributed by atoms with van der Waals surface area (Å²) < 4.78 is 6.96. The number of aromatic amines is 1. The van der Waals surface area contributed by atoms with Crippen molar-refractivity contribution in [2.24, 2.45) is 0 Å². The predicted octanol–water partition coefficient (Wildman–Crippen LogP) is 1.94. The van der Waals surface area contributed by atoms with Crippen LogP contribution in [0.3, 0.4) is 0 Å². The second-order valence-electron chi connectivity index (χ2n) is 7.18. The number of unbranched alkanes of at least 4 members (excludes halogenated alkanes) is 1. The number of halogens is 1. The van der Waals surface area contributed by atoms with E-state index >= 15 is 0 Å². The molecule has 0 atom stereocenters. The maximum absolute atomic E-state index is 12.9. The third kappa shape index (κ3) is 6.60. The Bertz CT molecular complexity index is 987. The van der Waals surface area contributed by atoms with E-state index < -0.39 is 11.2 Å². The maximum atomic E-state index is 12.9. The van der Waals surface area contributed by atoms with E-state index in [1.54, 1.807) is 43.1 Å². The molecule has 0 aliphatic rings. The van der Waals surface area contributed by atoms with Gasteiger partial charge in [-0.15, -0.1) is 0 Å². The molecule has 1 aromatic carbocycles. The average molecular weight is 452 g/mol. The largest absolute Gasteiger partial charge is 0.492 e. The van der Waals surface area contributed by atoms with Gasteiger partial charge in [-0.2, -0.15) is 0 Å². The van der Waals surface area contributed by atoms with Gasteiger partial charge in [0.1, 0.15) is 18.2 Å². The molecule has 170 valence electrons. The number of likely N-dealkylation sites (N-methyl/N-ethyl adjacent to an activating group) is 2. The van der Waals surface area contributed by atoms with Crippen molar-refractivity contribution in [3.8, 4) is 5.75 Å². The molecule has 0 radical (unpaired) electrons. The average Bonchev–Trinajstić information content (AvgIpc) is 2.72. The van der Waals surface area contributed by atoms with Crippen LogP contribution in [0.25, 0.3) is 0 Å². The molecular weight excluding hydrogens is 422 g/mol. The van der Waals surface area contributed by atoms with Gasteiger partial charge in [-0.3, -0.25) is 24.0 Å². The topological polar surface area (TPSA) is 114 Å². The first-order valence-corrected chi connectivity index (χ1v) is 10.7. The molecule has 2 rings (SSSR count). The summed E-state index contributed by atoms with van der Waals surface area (Å²) in [6.07, 6.45) is 1.59. The number of rotatable bonds is 11. The smallest absolute Gasteiger partial charge is 0.330 e. The van der Waals surface area contributed by atoms with Crippen molar-refractivity contribution in [3.63, 3.8) is 0 Å². The van der Waals surface area contributed by atoms with Gasteiger partial charge in [0.15, 0.2) is 5.69 Å². The van der Waals surface area contributed by atoms with Crippen molar-refractivity contribution in [1.82, 2.24) is 14.5 Å². The first-order chi connectivity index (χ1) is 14.8. The van der Waals surface area contributed by atoms with Crippen LogP contribution in [0.1, 0.15) is 26.7 Å². The summed E-state index contributed by atoms with van der Waals surface area (Å²) in [6.45, 7) is 5.29. The molecule has 9 nitrogen and oxygen atoms in total. The molecule has 0 spiro atoms. The first kappa shape index (κ1) is 24.5. The molecule has 0 aliphatic heterocycles. The number of nitrogen functional groups attached to an aromatic ring is 1. The minimum absolute atomic E-state index is 0.00567. The third-order valence-corrected chi connectivity index (χ3v) is 5.05. The highest BCUT2D eigenvalue weighted by atomic mass is 35.5. The van der Waals surface area contributed by atoms with Crippen molar-refractivity contribution in [2.45, 2.75) is 33.2 Å². The fourth-order valence-corrected chi connectivity index (χ4v) is 3.21. The van der Waals surface area contributed by atoms with E-state index in [9.17, 15) is 14.4 Å². The number of hydrogen-bond donors (Lipinski definition) is 2. The zero-order valence-electron chi connectivity index (χ0n) is 18.2. The molecule has 0 saturated carbocycles. The second kappa shape index (κ2) is 11.6. The number of nitrogens with zero attached hydrogens (tertiary/aromatic N) is 3. The van der Waals surface area contributed by atoms with Crippen molar-refractivity contribution < 1.29 is 9.53 Å². The van der Waals surface area contributed by atoms with Gasteiger partial charge in [-0.25, -0.2) is 4.79 Å². The molecule has 0 fully saturated rings. The van der Waals surface area contributed by atoms with Crippen molar-refractivity contribution in [2.75, 3.05) is 43.9 Å². The van der Waals surface area contributed by atoms with Gasteiger partial charge in [0.25, 0.3) is 5.56 Å². The zero-order valence-corrected chi connectivity index (χ0v) is 18.9. The van der Waals surface area contributed by atoms with E-state index in [0.717, 1.165) is 12.8 Å². The van der Waals surface area contributed by atoms with Crippen LogP contribution in [0.4, 0.5) is 11.5 Å². The summed E-state index contributed by atoms with van der Waals surface area (Å²) >= 11 is 5.85. The molecule has 1 aromatic heterocycles. The lowest BCUT2D eigenvalue weighted by Crippen LogP contribution is -2.45. The molecule has 3 N–H and O–H groups in total. The number of anilines is 2. The van der Waals surface area contributed by atoms with Gasteiger partial charge < -0.3 is 15.4 Å². The van der Waals surface area contributed by atoms with Crippen LogP contribution in [0.2, 0.25) is 5.02 Å². The molecule has 0 unspecified atom stereocenters. The van der Waals surface area contributed by atoms with Gasteiger partial charge in [0.2, 0.25) is 5.91 Å². The number of nitrogens with one attached hydrogen (secondary N) is 1. The zero-order chi connectivity index (χ0) is 23.0. The Morgan fingerprint density at radius 3 is 2.52 bits per heavy atom. The van der Waals surface area contributed by atoms with Gasteiger partial charge >= 0.3 is 5.69 Å². The standard InChI is InChI=1S/C21H30ClN5O4/c1-4-6-11-27-19(23)18(20(29)24-21(27)30)26(5-2)17(28)14-25(3)12-13-31-16-9-7-15(22)8-10-16/h7-10H,4-6,11-14,23H2,1-3H3,(H,24,29,30). The van der Waals surface area contributed by atoms with Crippen molar-refractivity contribution >= 4 is 29.0 Å². The summed E-state index contributed by atoms with van der Waals surface area (Å²) in [5.74, 6) is 0.397. The highest BCUT2D eigenvalue weighted by Crippen LogP contribution is 2.18. The summed E-state index contributed by atoms with van der Waals surface area (Å²) in [7, 11) is 1.78. The fourth-order valence-electron chi connectivity index (χ4n) is 3.08. The fraction of sp³-hybridized carbons (Fsp3) is 0.476. The van der Waals surface area contributed by atoms with Crippen LogP contribution in [-0.2, 0) is 11.3 Å². The SMILES string of the molecule is CCCCn1c(N)c(N(CC)C(=O)CN(C)CCOc2ccc(Cl)cc2)c(=O)[nH]c1=O. The van der Waals surface area contributed by atoms with E-state index in [-0.39, 0.29) is 30.5 Å². The predicted molar refractivity (Wildman–Crippen MR) is 123 cm³/mol. The minimum atomic E-state index is -0.667. The number of carbonyl (C=O) groups excluding carboxylic acids is 1. The number of nitrogens with two attached hydrogens (primary N) is 1. The summed E-state index contributed by atoms with van der Waals surface area (Å²) in [5.41, 5.74) is 4.90. The van der Waals surface area contributed by atoms with E-state index in [2.05, 4.69) is 4.98 Å². The molecule has 2 aromatic rings. The van der Waals surface area contributed by atoms with Gasteiger partial charge in [0.05, 0.1) is 6.54 Å². The molecular formula is C21H30ClN5O4. The number of H-pyrrole nitrogens is 1. The van der Waals surface area contributed by atoms with E-state index in [1.165, 1.54) is 9.47 Å². The molecule has 10 heteroatoms. The highest BCUT2D eigenvalue weighted by molar-refractivity contribution is 6.30. The summed E-state index contributed by atoms with van der Waals surface area (Å²) in [5, 5.41) is 0.630. The van der Waals surface area contributed by atoms with E-state index in [4.69, 9.17) is 22.1 Å². The number of carbonyl (C=O) groups is 1. The normalized spacial score (nSPS) is 11.0. The van der Waals surface area contributed by atoms with Crippen LogP contribution in [0.15, 0.2) is 33.9 Å². The number of hydrogen-bond acceptors (Lipinski definition) is 6. The Hall–Kier alpha value is -2.78. The molecule has 0 bridgehead atoms. The monoisotopic (exact) mass is 451 g/mol. The van der Waals surface area contributed by atoms with Crippen LogP contribution in [0, 0.1) is 0 Å². The highest BCUT2D eigenvalue weighted by Gasteiger charge is 2.23. The van der Waals surface area contributed by atoms with Crippen LogP contribution < -0.4 is 26.6 Å². The Balaban J connectivity index is 2.06. The number of benzene rings is 1. The molecule has 0 saturated heterocycles. The molecule has 0 aliphatic carbocycles. The summed E-state index contributed by atoms with van der Waals surface area (Å²) in [6, 6.07) is 7.03. The number of aromatic nitrogens is 2. The van der Waals surface area contributed by atoms with Gasteiger partial charge in [0, 0.05) is 24.7 Å². The Morgan fingerprint density at radius 2 is 1.90 bits per heavy atom. The van der Waals surface area contributed by atoms with Gasteiger partial charge in [-0.1, -0.05) is 24.9 Å². The lowest BCUT2D eigenvalue weighted by atomic mass is 10.3. The van der Waals surface area contributed by atoms with E-state index in [1.807, 2.05) is 6.92 Å². The van der Waals surface area contributed by atoms with Gasteiger partial charge in [-0.05, 0) is 44.7 Å². The third-order valence-electron chi connectivity index (χ3n) is 4.80. The Morgan fingerprint density at radius 1 is 1.23 bits per heavy atom. The maximum Gasteiger partial charge on any atom is 0.330 e. The quantitative estimate of drug-likeness (QED) is 0.539. The lowest BCUT2D eigenvalue weighted by Gasteiger charge is -2.25. The minimum Gasteiger partial charge on any atom is -0.492 e. The van der Waals surface area contributed by atoms with Crippen LogP contribution in [-0.4, -0.2) is 53.6 Å². The first-order valence-electron chi connectivity index (χ1n) is 10.3. The number of amides is 1. The van der Waals surface area contributed by atoms with E-state index in [0.29, 0.717) is 30.5 Å². The Kier molecular flexibility index (Phi) is 9.14. The number of ether oxygens (including phenoxy) is 1.